The van der Waals surface area contributed by atoms with Gasteiger partial charge >= 0.3 is 1.43 Å². The third-order valence-corrected chi connectivity index (χ3v) is 0.333. The van der Waals surface area contributed by atoms with E-state index in [1.807, 2.05) is 0 Å². The molecule has 0 aliphatic rings. The van der Waals surface area contributed by atoms with Gasteiger partial charge in [0, 0.05) is 0 Å². The minimum atomic E-state index is 0. The molecule has 0 aliphatic carbocycles. The first-order valence-corrected chi connectivity index (χ1v) is 1.89. The van der Waals surface area contributed by atoms with Gasteiger partial charge in [0.1, 0.15) is 0 Å². The number of thioether (sulfide) groups is 1. The minimum absolute atomic E-state index is 0. The summed E-state index contributed by atoms with van der Waals surface area (Å²) in [5.74, 6) is 0. The fraction of sp³-hybridized carbons (Fsp3) is 0. The van der Waals surface area contributed by atoms with E-state index in [1.165, 1.54) is 0 Å². The Kier molecular flexibility index (Phi) is 3.46. The molecule has 0 atom stereocenters. The van der Waals surface area contributed by atoms with Gasteiger partial charge in [0.25, 0.3) is 0 Å². The third-order valence-electron chi connectivity index (χ3n) is 0.111. The first-order chi connectivity index (χ1) is 2.41. The van der Waals surface area contributed by atoms with Crippen molar-refractivity contribution >= 4 is 23.0 Å². The van der Waals surface area contributed by atoms with Gasteiger partial charge in [-0.15, -0.1) is 0 Å². The smallest absolute Gasteiger partial charge is 0.290 e. The zero-order valence-electron chi connectivity index (χ0n) is 3.38. The minimum Gasteiger partial charge on any atom is -0.290 e. The van der Waals surface area contributed by atoms with Crippen LogP contribution in [0.25, 0.3) is 0 Å². The van der Waals surface area contributed by atoms with Gasteiger partial charge in [0.05, 0.1) is 0 Å². The van der Waals surface area contributed by atoms with Crippen molar-refractivity contribution in [1.29, 1.82) is 0 Å². The summed E-state index contributed by atoms with van der Waals surface area (Å²) in [5, 5.41) is 0. The van der Waals surface area contributed by atoms with Gasteiger partial charge in [-0.05, 0) is 11.8 Å². The van der Waals surface area contributed by atoms with Crippen molar-refractivity contribution in [3.8, 4) is 0 Å². The normalized spacial score (nSPS) is 6.40. The molecule has 3 heteroatoms. The monoisotopic (exact) mass is 91.0 g/mol. The predicted molar refractivity (Wildman–Crippen MR) is 22.2 cm³/mol. The summed E-state index contributed by atoms with van der Waals surface area (Å²) in [4.78, 5) is 18.3. The van der Waals surface area contributed by atoms with Gasteiger partial charge in [0.2, 0.25) is 0 Å². The Bertz CT molecular complexity index is 40.8. The van der Waals surface area contributed by atoms with E-state index in [2.05, 4.69) is 0 Å². The molecule has 0 aromatic rings. The summed E-state index contributed by atoms with van der Waals surface area (Å²) in [6, 6.07) is 0. The molecule has 0 unspecified atom stereocenters. The maximum atomic E-state index is 9.14. The van der Waals surface area contributed by atoms with Crippen molar-refractivity contribution in [2.45, 2.75) is 0 Å². The van der Waals surface area contributed by atoms with Crippen molar-refractivity contribution in [3.63, 3.8) is 0 Å². The Hall–Kier alpha value is -0.310. The van der Waals surface area contributed by atoms with Crippen LogP contribution < -0.4 is 0 Å². The molecule has 28 valence electrons. The molecular formula is C2H3O2S+. The Labute approximate surface area is 35.0 Å². The lowest BCUT2D eigenvalue weighted by atomic mass is 11.8. The first kappa shape index (κ1) is 4.69. The van der Waals surface area contributed by atoms with E-state index < -0.39 is 0 Å². The van der Waals surface area contributed by atoms with Gasteiger partial charge in [-0.1, -0.05) is 0 Å². The Morgan fingerprint density at radius 2 is 1.80 bits per heavy atom. The molecule has 0 spiro atoms. The molecule has 0 saturated carbocycles. The fourth-order valence-corrected chi connectivity index (χ4v) is 0.0680. The summed E-state index contributed by atoms with van der Waals surface area (Å²) < 4.78 is 0. The Balaban J connectivity index is 0. The van der Waals surface area contributed by atoms with Crippen LogP contribution in [0.1, 0.15) is 1.43 Å². The van der Waals surface area contributed by atoms with Crippen LogP contribution in [0.5, 0.6) is 0 Å². The van der Waals surface area contributed by atoms with Gasteiger partial charge in [-0.25, -0.2) is 0 Å². The number of carbonyl (C=O) groups excluding carboxylic acids is 2. The quantitative estimate of drug-likeness (QED) is 0.456. The van der Waals surface area contributed by atoms with Crippen LogP contribution in [0.15, 0.2) is 0 Å². The molecule has 0 bridgehead atoms. The van der Waals surface area contributed by atoms with E-state index in [9.17, 15) is 0 Å². The molecule has 0 amide bonds. The maximum absolute atomic E-state index is 9.14. The number of carbonyl (C=O) groups is 2. The predicted octanol–water partition coefficient (Wildman–Crippen LogP) is 0.212. The SMILES string of the molecule is O=CSC=O.[H+]. The van der Waals surface area contributed by atoms with E-state index in [0.29, 0.717) is 23.0 Å². The lowest BCUT2D eigenvalue weighted by Crippen LogP contribution is -1.54. The number of hydrogen-bond donors (Lipinski definition) is 0. The average Bonchev–Trinajstić information content (AvgIpc) is 1.41. The zero-order chi connectivity index (χ0) is 4.12. The van der Waals surface area contributed by atoms with Crippen LogP contribution in [-0.2, 0) is 9.59 Å². The summed E-state index contributed by atoms with van der Waals surface area (Å²) in [6.07, 6.45) is 0. The number of rotatable bonds is 2. The van der Waals surface area contributed by atoms with Crippen molar-refractivity contribution in [1.82, 2.24) is 0 Å². The highest BCUT2D eigenvalue weighted by atomic mass is 32.2. The molecule has 0 aromatic heterocycles. The molecule has 0 N–H and O–H groups in total. The van der Waals surface area contributed by atoms with Gasteiger partial charge in [-0.2, -0.15) is 0 Å². The van der Waals surface area contributed by atoms with Crippen LogP contribution in [0.2, 0.25) is 0 Å². The second-order valence-electron chi connectivity index (χ2n) is 0.329. The van der Waals surface area contributed by atoms with Gasteiger partial charge < -0.3 is 0 Å². The molecule has 2 nitrogen and oxygen atoms in total. The highest BCUT2D eigenvalue weighted by Gasteiger charge is 1.64. The van der Waals surface area contributed by atoms with Crippen molar-refractivity contribution < 1.29 is 11.0 Å². The maximum Gasteiger partial charge on any atom is 1.00 e. The molecule has 0 aliphatic heterocycles. The second-order valence-corrected chi connectivity index (χ2v) is 0.986. The topological polar surface area (TPSA) is 34.1 Å². The number of hydrogen-bond acceptors (Lipinski definition) is 3. The largest absolute Gasteiger partial charge is 1.00 e. The summed E-state index contributed by atoms with van der Waals surface area (Å²) in [5.41, 5.74) is 0.958. The zero-order valence-corrected chi connectivity index (χ0v) is 3.20. The Morgan fingerprint density at radius 3 is 1.80 bits per heavy atom. The van der Waals surface area contributed by atoms with Gasteiger partial charge in [0.15, 0.2) is 11.2 Å². The van der Waals surface area contributed by atoms with Crippen molar-refractivity contribution in [2.24, 2.45) is 0 Å². The lowest BCUT2D eigenvalue weighted by Gasteiger charge is -1.54. The first-order valence-electron chi connectivity index (χ1n) is 0.943. The molecule has 0 heterocycles. The van der Waals surface area contributed by atoms with Crippen molar-refractivity contribution in [2.75, 3.05) is 0 Å². The Morgan fingerprint density at radius 1 is 1.40 bits per heavy atom. The van der Waals surface area contributed by atoms with Crippen LogP contribution in [-0.4, -0.2) is 11.2 Å². The van der Waals surface area contributed by atoms with E-state index in [0.717, 1.165) is 0 Å². The molecule has 0 aromatic carbocycles. The fourth-order valence-electron chi connectivity index (χ4n) is 0.0227. The van der Waals surface area contributed by atoms with E-state index in [1.54, 1.807) is 0 Å². The second kappa shape index (κ2) is 3.69. The lowest BCUT2D eigenvalue weighted by molar-refractivity contribution is 0.567. The van der Waals surface area contributed by atoms with Crippen LogP contribution in [0.4, 0.5) is 0 Å². The van der Waals surface area contributed by atoms with E-state index >= 15 is 0 Å². The summed E-state index contributed by atoms with van der Waals surface area (Å²) in [7, 11) is 0. The van der Waals surface area contributed by atoms with Gasteiger partial charge in [-0.3, -0.25) is 9.59 Å². The van der Waals surface area contributed by atoms with Crippen molar-refractivity contribution in [3.05, 3.63) is 0 Å². The molecule has 0 fully saturated rings. The molecule has 0 rings (SSSR count). The summed E-state index contributed by atoms with van der Waals surface area (Å²) in [6.45, 7) is 0. The van der Waals surface area contributed by atoms with E-state index in [-0.39, 0.29) is 1.43 Å². The van der Waals surface area contributed by atoms with Crippen LogP contribution in [0.3, 0.4) is 0 Å². The van der Waals surface area contributed by atoms with Crippen LogP contribution in [0, 0.1) is 0 Å². The highest BCUT2D eigenvalue weighted by Crippen LogP contribution is 1.77. The third kappa shape index (κ3) is 3.69. The molecule has 0 radical (unpaired) electrons. The standard InChI is InChI=1S/C2H2O2S/c3-1-5-2-4/h1-2H/p+1. The van der Waals surface area contributed by atoms with Crippen LogP contribution >= 0.6 is 11.8 Å². The molecular weight excluding hydrogens is 88.1 g/mol. The van der Waals surface area contributed by atoms with E-state index in [4.69, 9.17) is 9.59 Å². The average molecular weight is 91.1 g/mol. The summed E-state index contributed by atoms with van der Waals surface area (Å²) >= 11 is 0.602. The molecule has 5 heavy (non-hydrogen) atoms. The molecule has 0 saturated heterocycles. The highest BCUT2D eigenvalue weighted by molar-refractivity contribution is 8.23.